The Morgan fingerprint density at radius 1 is 1.11 bits per heavy atom. The Labute approximate surface area is 117 Å². The summed E-state index contributed by atoms with van der Waals surface area (Å²) in [6.07, 6.45) is 1.12. The fourth-order valence-electron chi connectivity index (χ4n) is 2.15. The highest BCUT2D eigenvalue weighted by Gasteiger charge is 2.14. The van der Waals surface area contributed by atoms with Crippen molar-refractivity contribution in [1.82, 2.24) is 10.2 Å². The number of hydrogen-bond acceptors (Lipinski definition) is 5. The van der Waals surface area contributed by atoms with E-state index in [9.17, 15) is 0 Å². The quantitative estimate of drug-likeness (QED) is 0.563. The molecule has 1 rings (SSSR count). The molecule has 1 unspecified atom stereocenters. The Bertz CT molecular complexity index is 189. The third kappa shape index (κ3) is 8.55. The summed E-state index contributed by atoms with van der Waals surface area (Å²) < 4.78 is 16.4. The van der Waals surface area contributed by atoms with Crippen molar-refractivity contribution in [3.05, 3.63) is 0 Å². The summed E-state index contributed by atoms with van der Waals surface area (Å²) in [5.74, 6) is 0. The third-order valence-electron chi connectivity index (χ3n) is 3.30. The molecule has 114 valence electrons. The lowest BCUT2D eigenvalue weighted by Crippen LogP contribution is -2.44. The summed E-state index contributed by atoms with van der Waals surface area (Å²) in [6, 6.07) is 0.496. The second kappa shape index (κ2) is 11.6. The zero-order valence-electron chi connectivity index (χ0n) is 12.5. The van der Waals surface area contributed by atoms with Gasteiger partial charge in [-0.15, -0.1) is 0 Å². The Kier molecular flexibility index (Phi) is 10.3. The molecule has 0 aromatic carbocycles. The standard InChI is InChI=1S/C14H30N2O3/c1-3-17-11-8-16(9-12-18-4-2)7-5-14-13-19-10-6-15-14/h14-15H,3-13H2,1-2H3. The molecule has 19 heavy (non-hydrogen) atoms. The fourth-order valence-corrected chi connectivity index (χ4v) is 2.15. The van der Waals surface area contributed by atoms with Gasteiger partial charge < -0.3 is 19.5 Å². The minimum Gasteiger partial charge on any atom is -0.380 e. The van der Waals surface area contributed by atoms with Gasteiger partial charge >= 0.3 is 0 Å². The molecule has 0 radical (unpaired) electrons. The number of nitrogens with one attached hydrogen (secondary N) is 1. The highest BCUT2D eigenvalue weighted by atomic mass is 16.5. The van der Waals surface area contributed by atoms with Crippen molar-refractivity contribution in [2.45, 2.75) is 26.3 Å². The molecule has 5 heteroatoms. The second-order valence-electron chi connectivity index (χ2n) is 4.75. The maximum atomic E-state index is 5.48. The van der Waals surface area contributed by atoms with Crippen LogP contribution in [0.1, 0.15) is 20.3 Å². The monoisotopic (exact) mass is 274 g/mol. The van der Waals surface area contributed by atoms with Gasteiger partial charge in [-0.2, -0.15) is 0 Å². The van der Waals surface area contributed by atoms with Gasteiger partial charge in [0.05, 0.1) is 26.4 Å². The summed E-state index contributed by atoms with van der Waals surface area (Å²) in [5.41, 5.74) is 0. The van der Waals surface area contributed by atoms with Crippen molar-refractivity contribution in [1.29, 1.82) is 0 Å². The lowest BCUT2D eigenvalue weighted by molar-refractivity contribution is 0.0589. The van der Waals surface area contributed by atoms with Crippen LogP contribution in [0.3, 0.4) is 0 Å². The molecule has 0 saturated carbocycles. The summed E-state index contributed by atoms with van der Waals surface area (Å²) in [4.78, 5) is 2.42. The van der Waals surface area contributed by atoms with E-state index in [4.69, 9.17) is 14.2 Å². The van der Waals surface area contributed by atoms with E-state index in [2.05, 4.69) is 10.2 Å². The first-order valence-electron chi connectivity index (χ1n) is 7.55. The van der Waals surface area contributed by atoms with Crippen LogP contribution in [-0.2, 0) is 14.2 Å². The van der Waals surface area contributed by atoms with Crippen molar-refractivity contribution in [2.75, 3.05) is 65.8 Å². The van der Waals surface area contributed by atoms with Gasteiger partial charge in [0.1, 0.15) is 0 Å². The normalized spacial score (nSPS) is 20.1. The van der Waals surface area contributed by atoms with Gasteiger partial charge in [0.2, 0.25) is 0 Å². The predicted molar refractivity (Wildman–Crippen MR) is 76.7 cm³/mol. The molecule has 0 amide bonds. The lowest BCUT2D eigenvalue weighted by atomic mass is 10.2. The molecular weight excluding hydrogens is 244 g/mol. The van der Waals surface area contributed by atoms with E-state index < -0.39 is 0 Å². The fraction of sp³-hybridized carbons (Fsp3) is 1.00. The van der Waals surface area contributed by atoms with Crippen molar-refractivity contribution in [2.24, 2.45) is 0 Å². The number of nitrogens with zero attached hydrogens (tertiary/aromatic N) is 1. The molecule has 5 nitrogen and oxygen atoms in total. The molecule has 1 atom stereocenters. The maximum Gasteiger partial charge on any atom is 0.0620 e. The van der Waals surface area contributed by atoms with Gasteiger partial charge in [0, 0.05) is 38.9 Å². The summed E-state index contributed by atoms with van der Waals surface area (Å²) in [5, 5.41) is 3.49. The first kappa shape index (κ1) is 16.9. The van der Waals surface area contributed by atoms with Crippen LogP contribution < -0.4 is 5.32 Å². The molecule has 0 bridgehead atoms. The first-order valence-corrected chi connectivity index (χ1v) is 7.55. The Hall–Kier alpha value is -0.200. The predicted octanol–water partition coefficient (Wildman–Crippen LogP) is 0.740. The smallest absolute Gasteiger partial charge is 0.0620 e. The van der Waals surface area contributed by atoms with Crippen molar-refractivity contribution in [3.8, 4) is 0 Å². The average Bonchev–Trinajstić information content (AvgIpc) is 2.45. The second-order valence-corrected chi connectivity index (χ2v) is 4.75. The molecule has 0 aromatic rings. The van der Waals surface area contributed by atoms with Crippen LogP contribution in [0.2, 0.25) is 0 Å². The van der Waals surface area contributed by atoms with Crippen LogP contribution in [0.15, 0.2) is 0 Å². The molecule has 1 fully saturated rings. The SMILES string of the molecule is CCOCCN(CCOCC)CCC1COCCN1. The van der Waals surface area contributed by atoms with Gasteiger partial charge in [0.25, 0.3) is 0 Å². The average molecular weight is 274 g/mol. The minimum atomic E-state index is 0.496. The first-order chi connectivity index (χ1) is 9.36. The highest BCUT2D eigenvalue weighted by Crippen LogP contribution is 2.01. The zero-order valence-corrected chi connectivity index (χ0v) is 12.5. The van der Waals surface area contributed by atoms with Crippen LogP contribution in [0, 0.1) is 0 Å². The van der Waals surface area contributed by atoms with Crippen LogP contribution in [-0.4, -0.2) is 76.8 Å². The van der Waals surface area contributed by atoms with Crippen LogP contribution in [0.25, 0.3) is 0 Å². The van der Waals surface area contributed by atoms with Gasteiger partial charge in [0.15, 0.2) is 0 Å². The number of ether oxygens (including phenoxy) is 3. The summed E-state index contributed by atoms with van der Waals surface area (Å²) in [6.45, 7) is 12.9. The Balaban J connectivity index is 2.17. The molecule has 1 aliphatic heterocycles. The minimum absolute atomic E-state index is 0.496. The van der Waals surface area contributed by atoms with E-state index in [0.717, 1.165) is 72.2 Å². The molecule has 0 aromatic heterocycles. The molecule has 0 aliphatic carbocycles. The lowest BCUT2D eigenvalue weighted by Gasteiger charge is -2.27. The Morgan fingerprint density at radius 3 is 2.32 bits per heavy atom. The molecule has 1 heterocycles. The van der Waals surface area contributed by atoms with E-state index >= 15 is 0 Å². The van der Waals surface area contributed by atoms with Crippen molar-refractivity contribution in [3.63, 3.8) is 0 Å². The van der Waals surface area contributed by atoms with Gasteiger partial charge in [-0.05, 0) is 26.8 Å². The topological polar surface area (TPSA) is 43.0 Å². The Morgan fingerprint density at radius 2 is 1.79 bits per heavy atom. The largest absolute Gasteiger partial charge is 0.380 e. The molecule has 1 aliphatic rings. The molecule has 0 spiro atoms. The van der Waals surface area contributed by atoms with E-state index in [0.29, 0.717) is 6.04 Å². The van der Waals surface area contributed by atoms with E-state index in [1.165, 1.54) is 0 Å². The summed E-state index contributed by atoms with van der Waals surface area (Å²) in [7, 11) is 0. The summed E-state index contributed by atoms with van der Waals surface area (Å²) >= 11 is 0. The van der Waals surface area contributed by atoms with Crippen LogP contribution >= 0.6 is 0 Å². The molecule has 1 N–H and O–H groups in total. The van der Waals surface area contributed by atoms with Crippen molar-refractivity contribution < 1.29 is 14.2 Å². The van der Waals surface area contributed by atoms with Gasteiger partial charge in [-0.3, -0.25) is 4.90 Å². The number of morpholine rings is 1. The van der Waals surface area contributed by atoms with Gasteiger partial charge in [-0.25, -0.2) is 0 Å². The third-order valence-corrected chi connectivity index (χ3v) is 3.30. The highest BCUT2D eigenvalue weighted by molar-refractivity contribution is 4.72. The van der Waals surface area contributed by atoms with E-state index in [1.54, 1.807) is 0 Å². The number of hydrogen-bond donors (Lipinski definition) is 1. The van der Waals surface area contributed by atoms with Crippen LogP contribution in [0.5, 0.6) is 0 Å². The van der Waals surface area contributed by atoms with E-state index in [1.807, 2.05) is 13.8 Å². The molecule has 1 saturated heterocycles. The van der Waals surface area contributed by atoms with Gasteiger partial charge in [-0.1, -0.05) is 0 Å². The van der Waals surface area contributed by atoms with Crippen LogP contribution in [0.4, 0.5) is 0 Å². The molecular formula is C14H30N2O3. The number of rotatable bonds is 11. The van der Waals surface area contributed by atoms with Crippen molar-refractivity contribution >= 4 is 0 Å². The zero-order chi connectivity index (χ0) is 13.8. The maximum absolute atomic E-state index is 5.48. The van der Waals surface area contributed by atoms with E-state index in [-0.39, 0.29) is 0 Å².